The number of aromatic amines is 1. The van der Waals surface area contributed by atoms with Crippen molar-refractivity contribution < 1.29 is 4.98 Å². The Morgan fingerprint density at radius 3 is 2.62 bits per heavy atom. The van der Waals surface area contributed by atoms with Crippen LogP contribution in [0.2, 0.25) is 5.02 Å². The number of hydrogen-bond donors (Lipinski definition) is 0. The maximum Gasteiger partial charge on any atom is 0.274 e. The highest BCUT2D eigenvalue weighted by Crippen LogP contribution is 2.11. The molecule has 0 aliphatic carbocycles. The molecule has 21 heavy (non-hydrogen) atoms. The Labute approximate surface area is 129 Å². The molecule has 5 heteroatoms. The van der Waals surface area contributed by atoms with Gasteiger partial charge in [0.2, 0.25) is 0 Å². The van der Waals surface area contributed by atoms with Gasteiger partial charge in [-0.1, -0.05) is 29.8 Å². The van der Waals surface area contributed by atoms with E-state index in [9.17, 15) is 0 Å². The molecule has 0 atom stereocenters. The number of H-pyrrole nitrogens is 1. The Morgan fingerprint density at radius 1 is 1.05 bits per heavy atom. The van der Waals surface area contributed by atoms with E-state index in [0.29, 0.717) is 0 Å². The van der Waals surface area contributed by atoms with Gasteiger partial charge in [0.25, 0.3) is 5.82 Å². The highest BCUT2D eigenvalue weighted by molar-refractivity contribution is 6.30. The molecule has 1 aromatic heterocycles. The molecule has 108 valence electrons. The number of benzene rings is 1. The number of nitrogens with zero attached hydrogens (tertiary/aromatic N) is 3. The van der Waals surface area contributed by atoms with Gasteiger partial charge in [0.15, 0.2) is 0 Å². The maximum atomic E-state index is 5.97. The number of nitrogens with one attached hydrogen (secondary N) is 1. The third kappa shape index (κ3) is 3.73. The second-order valence-corrected chi connectivity index (χ2v) is 5.42. The van der Waals surface area contributed by atoms with Crippen molar-refractivity contribution in [2.45, 2.75) is 0 Å². The van der Waals surface area contributed by atoms with Crippen LogP contribution in [-0.4, -0.2) is 37.4 Å². The normalized spacial score (nSPS) is 15.7. The molecule has 3 rings (SSSR count). The van der Waals surface area contributed by atoms with Gasteiger partial charge >= 0.3 is 0 Å². The smallest absolute Gasteiger partial charge is 0.274 e. The summed E-state index contributed by atoms with van der Waals surface area (Å²) in [5.41, 5.74) is 1.03. The Hall–Kier alpha value is -2.07. The van der Waals surface area contributed by atoms with Crippen LogP contribution in [0.5, 0.6) is 0 Å². The fourth-order valence-electron chi connectivity index (χ4n) is 2.37. The van der Waals surface area contributed by atoms with Gasteiger partial charge in [-0.05, 0) is 23.8 Å². The molecule has 1 aromatic carbocycles. The first-order valence-electron chi connectivity index (χ1n) is 7.07. The third-order valence-corrected chi connectivity index (χ3v) is 3.74. The molecule has 0 unspecified atom stereocenters. The lowest BCUT2D eigenvalue weighted by Gasteiger charge is -2.28. The van der Waals surface area contributed by atoms with Crippen molar-refractivity contribution in [1.29, 1.82) is 0 Å². The molecular formula is C16H18ClN4+. The van der Waals surface area contributed by atoms with Gasteiger partial charge in [0, 0.05) is 11.1 Å². The van der Waals surface area contributed by atoms with Crippen LogP contribution in [0.25, 0.3) is 0 Å². The zero-order valence-electron chi connectivity index (χ0n) is 11.7. The van der Waals surface area contributed by atoms with Gasteiger partial charge < -0.3 is 0 Å². The Kier molecular flexibility index (Phi) is 4.36. The Morgan fingerprint density at radius 2 is 1.90 bits per heavy atom. The fourth-order valence-corrected chi connectivity index (χ4v) is 2.57. The summed E-state index contributed by atoms with van der Waals surface area (Å²) in [6.45, 7) is 3.76. The molecule has 1 aliphatic heterocycles. The summed E-state index contributed by atoms with van der Waals surface area (Å²) in [6, 6.07) is 13.9. The van der Waals surface area contributed by atoms with E-state index in [1.165, 1.54) is 0 Å². The van der Waals surface area contributed by atoms with Gasteiger partial charge in [0.1, 0.15) is 13.1 Å². The molecule has 2 heterocycles. The third-order valence-electron chi connectivity index (χ3n) is 3.51. The van der Waals surface area contributed by atoms with Gasteiger partial charge in [0.05, 0.1) is 25.5 Å². The monoisotopic (exact) mass is 301 g/mol. The highest BCUT2D eigenvalue weighted by atomic mass is 35.5. The minimum atomic E-state index is 0.739. The van der Waals surface area contributed by atoms with Gasteiger partial charge in [-0.15, -0.1) is 0 Å². The molecule has 0 radical (unpaired) electrons. The van der Waals surface area contributed by atoms with Crippen LogP contribution in [0.4, 0.5) is 5.82 Å². The summed E-state index contributed by atoms with van der Waals surface area (Å²) in [5.74, 6) is 1.16. The standard InChI is InChI=1S/C16H17ClN4/c17-15-5-3-4-14(12-15)13-19-21-10-8-20(9-11-21)16-6-1-2-7-18-16/h1-7,12-13H,8-11H2/p+1. The topological polar surface area (TPSA) is 33.0 Å². The van der Waals surface area contributed by atoms with Crippen LogP contribution >= 0.6 is 11.6 Å². The van der Waals surface area contributed by atoms with Crippen LogP contribution in [0, 0.1) is 0 Å². The number of piperazine rings is 1. The van der Waals surface area contributed by atoms with Crippen molar-refractivity contribution in [2.75, 3.05) is 31.1 Å². The zero-order chi connectivity index (χ0) is 14.5. The van der Waals surface area contributed by atoms with Crippen molar-refractivity contribution in [1.82, 2.24) is 5.01 Å². The van der Waals surface area contributed by atoms with E-state index in [4.69, 9.17) is 11.6 Å². The average Bonchev–Trinajstić information content (AvgIpc) is 2.54. The number of aromatic nitrogens is 1. The predicted octanol–water partition coefficient (Wildman–Crippen LogP) is 2.31. The minimum Gasteiger partial charge on any atom is -0.289 e. The summed E-state index contributed by atoms with van der Waals surface area (Å²) in [6.07, 6.45) is 3.83. The average molecular weight is 302 g/mol. The number of anilines is 1. The molecule has 0 amide bonds. The highest BCUT2D eigenvalue weighted by Gasteiger charge is 2.21. The number of halogens is 1. The number of pyridine rings is 1. The second kappa shape index (κ2) is 6.59. The number of hydrogen-bond acceptors (Lipinski definition) is 3. The van der Waals surface area contributed by atoms with Crippen molar-refractivity contribution in [2.24, 2.45) is 5.10 Å². The van der Waals surface area contributed by atoms with Crippen molar-refractivity contribution in [3.63, 3.8) is 0 Å². The molecule has 2 aromatic rings. The van der Waals surface area contributed by atoms with E-state index in [2.05, 4.69) is 32.1 Å². The van der Waals surface area contributed by atoms with Crippen molar-refractivity contribution in [3.05, 3.63) is 59.2 Å². The number of rotatable bonds is 3. The van der Waals surface area contributed by atoms with E-state index in [1.807, 2.05) is 42.7 Å². The van der Waals surface area contributed by atoms with E-state index in [-0.39, 0.29) is 0 Å². The largest absolute Gasteiger partial charge is 0.289 e. The zero-order valence-corrected chi connectivity index (χ0v) is 12.5. The SMILES string of the molecule is Clc1cccc(C=NN2CCN(c3cccc[nH+]3)CC2)c1. The molecule has 4 nitrogen and oxygen atoms in total. The van der Waals surface area contributed by atoms with E-state index in [1.54, 1.807) is 0 Å². The van der Waals surface area contributed by atoms with Gasteiger partial charge in [-0.2, -0.15) is 5.10 Å². The van der Waals surface area contributed by atoms with Crippen LogP contribution in [0.1, 0.15) is 5.56 Å². The first kappa shape index (κ1) is 13.9. The molecule has 0 saturated carbocycles. The summed E-state index contributed by atoms with van der Waals surface area (Å²) >= 11 is 5.97. The predicted molar refractivity (Wildman–Crippen MR) is 85.8 cm³/mol. The van der Waals surface area contributed by atoms with E-state index in [0.717, 1.165) is 42.6 Å². The van der Waals surface area contributed by atoms with Gasteiger partial charge in [-0.3, -0.25) is 9.91 Å². The summed E-state index contributed by atoms with van der Waals surface area (Å²) < 4.78 is 0. The van der Waals surface area contributed by atoms with Crippen molar-refractivity contribution in [3.8, 4) is 0 Å². The fraction of sp³-hybridized carbons (Fsp3) is 0.250. The second-order valence-electron chi connectivity index (χ2n) is 4.99. The summed E-state index contributed by atoms with van der Waals surface area (Å²) in [5, 5.41) is 7.37. The molecule has 0 spiro atoms. The summed E-state index contributed by atoms with van der Waals surface area (Å²) in [4.78, 5) is 5.61. The molecule has 1 fully saturated rings. The molecule has 1 N–H and O–H groups in total. The lowest BCUT2D eigenvalue weighted by molar-refractivity contribution is -0.364. The van der Waals surface area contributed by atoms with E-state index >= 15 is 0 Å². The quantitative estimate of drug-likeness (QED) is 0.815. The lowest BCUT2D eigenvalue weighted by atomic mass is 10.2. The molecule has 1 aliphatic rings. The van der Waals surface area contributed by atoms with Gasteiger partial charge in [-0.25, -0.2) is 4.98 Å². The molecular weight excluding hydrogens is 284 g/mol. The van der Waals surface area contributed by atoms with Crippen LogP contribution in [0.15, 0.2) is 53.8 Å². The lowest BCUT2D eigenvalue weighted by Crippen LogP contribution is -2.45. The maximum absolute atomic E-state index is 5.97. The Bertz CT molecular complexity index is 607. The summed E-state index contributed by atoms with van der Waals surface area (Å²) in [7, 11) is 0. The Balaban J connectivity index is 1.56. The van der Waals surface area contributed by atoms with E-state index < -0.39 is 0 Å². The van der Waals surface area contributed by atoms with Crippen LogP contribution in [-0.2, 0) is 0 Å². The number of hydrazone groups is 1. The van der Waals surface area contributed by atoms with Crippen LogP contribution < -0.4 is 9.88 Å². The first-order chi connectivity index (χ1) is 10.3. The molecule has 0 bridgehead atoms. The first-order valence-corrected chi connectivity index (χ1v) is 7.45. The minimum absolute atomic E-state index is 0.739. The molecule has 1 saturated heterocycles. The van der Waals surface area contributed by atoms with Crippen LogP contribution in [0.3, 0.4) is 0 Å². The van der Waals surface area contributed by atoms with Crippen molar-refractivity contribution >= 4 is 23.6 Å².